The Morgan fingerprint density at radius 2 is 1.46 bits per heavy atom. The van der Waals surface area contributed by atoms with Crippen molar-refractivity contribution < 1.29 is 0 Å². The van der Waals surface area contributed by atoms with Crippen molar-refractivity contribution in [2.24, 2.45) is 0 Å². The molecule has 1 aliphatic carbocycles. The number of rotatable bonds is 1. The molecule has 1 heteroatoms. The Labute approximate surface area is 156 Å². The molecule has 1 nitrogen and oxygen atoms in total. The summed E-state index contributed by atoms with van der Waals surface area (Å²) in [5.41, 5.74) is 9.96. The SMILES string of the molecule is CC1c2cc3c(cc2N(c2ccccc2)C1C)C(C)(C)c1ccccc1-3. The van der Waals surface area contributed by atoms with Gasteiger partial charge in [-0.25, -0.2) is 0 Å². The molecule has 0 fully saturated rings. The topological polar surface area (TPSA) is 3.24 Å². The van der Waals surface area contributed by atoms with Crippen LogP contribution >= 0.6 is 0 Å². The summed E-state index contributed by atoms with van der Waals surface area (Å²) in [4.78, 5) is 2.53. The molecule has 26 heavy (non-hydrogen) atoms. The van der Waals surface area contributed by atoms with E-state index in [1.165, 1.54) is 39.2 Å². The second-order valence-corrected chi connectivity index (χ2v) is 8.36. The van der Waals surface area contributed by atoms with E-state index in [1.54, 1.807) is 0 Å². The van der Waals surface area contributed by atoms with Gasteiger partial charge in [0.1, 0.15) is 0 Å². The zero-order valence-electron chi connectivity index (χ0n) is 16.0. The van der Waals surface area contributed by atoms with E-state index in [2.05, 4.69) is 99.3 Å². The molecular weight excluding hydrogens is 314 g/mol. The van der Waals surface area contributed by atoms with Crippen molar-refractivity contribution in [3.05, 3.63) is 83.4 Å². The van der Waals surface area contributed by atoms with Crippen LogP contribution in [-0.2, 0) is 5.41 Å². The fourth-order valence-corrected chi connectivity index (χ4v) is 4.99. The van der Waals surface area contributed by atoms with Crippen LogP contribution in [0.4, 0.5) is 11.4 Å². The lowest BCUT2D eigenvalue weighted by Gasteiger charge is -2.28. The maximum Gasteiger partial charge on any atom is 0.0453 e. The Bertz CT molecular complexity index is 1000. The van der Waals surface area contributed by atoms with Gasteiger partial charge in [0.05, 0.1) is 0 Å². The fraction of sp³-hybridized carbons (Fsp3) is 0.280. The van der Waals surface area contributed by atoms with E-state index in [0.29, 0.717) is 12.0 Å². The van der Waals surface area contributed by atoms with Crippen LogP contribution in [0.15, 0.2) is 66.7 Å². The van der Waals surface area contributed by atoms with Crippen LogP contribution in [-0.4, -0.2) is 6.04 Å². The average Bonchev–Trinajstić information content (AvgIpc) is 3.04. The van der Waals surface area contributed by atoms with Crippen molar-refractivity contribution in [3.63, 3.8) is 0 Å². The molecule has 0 radical (unpaired) electrons. The smallest absolute Gasteiger partial charge is 0.0453 e. The Morgan fingerprint density at radius 3 is 2.23 bits per heavy atom. The summed E-state index contributed by atoms with van der Waals surface area (Å²) in [5, 5.41) is 0. The van der Waals surface area contributed by atoms with Crippen molar-refractivity contribution in [3.8, 4) is 11.1 Å². The number of anilines is 2. The maximum atomic E-state index is 2.53. The van der Waals surface area contributed by atoms with Gasteiger partial charge in [0.2, 0.25) is 0 Å². The van der Waals surface area contributed by atoms with Gasteiger partial charge in [-0.15, -0.1) is 0 Å². The highest BCUT2D eigenvalue weighted by atomic mass is 15.2. The first-order valence-corrected chi connectivity index (χ1v) is 9.62. The van der Waals surface area contributed by atoms with E-state index in [-0.39, 0.29) is 5.41 Å². The molecule has 2 unspecified atom stereocenters. The van der Waals surface area contributed by atoms with E-state index in [1.807, 2.05) is 0 Å². The predicted octanol–water partition coefficient (Wildman–Crippen LogP) is 6.64. The normalized spacial score (nSPS) is 22.1. The van der Waals surface area contributed by atoms with Crippen LogP contribution in [0, 0.1) is 0 Å². The van der Waals surface area contributed by atoms with Gasteiger partial charge in [0, 0.05) is 28.7 Å². The second kappa shape index (κ2) is 5.23. The van der Waals surface area contributed by atoms with Crippen LogP contribution in [0.5, 0.6) is 0 Å². The first-order valence-electron chi connectivity index (χ1n) is 9.62. The molecule has 0 amide bonds. The highest BCUT2D eigenvalue weighted by Crippen LogP contribution is 2.54. The largest absolute Gasteiger partial charge is 0.338 e. The predicted molar refractivity (Wildman–Crippen MR) is 110 cm³/mol. The third-order valence-electron chi connectivity index (χ3n) is 6.65. The summed E-state index contributed by atoms with van der Waals surface area (Å²) in [7, 11) is 0. The Hall–Kier alpha value is -2.54. The van der Waals surface area contributed by atoms with Gasteiger partial charge in [-0.1, -0.05) is 63.2 Å². The highest BCUT2D eigenvalue weighted by molar-refractivity contribution is 5.86. The third kappa shape index (κ3) is 1.92. The lowest BCUT2D eigenvalue weighted by atomic mass is 9.82. The summed E-state index contributed by atoms with van der Waals surface area (Å²) >= 11 is 0. The summed E-state index contributed by atoms with van der Waals surface area (Å²) in [6, 6.07) is 25.1. The van der Waals surface area contributed by atoms with Gasteiger partial charge in [-0.2, -0.15) is 0 Å². The molecule has 0 saturated carbocycles. The van der Waals surface area contributed by atoms with Gasteiger partial charge in [-0.3, -0.25) is 0 Å². The summed E-state index contributed by atoms with van der Waals surface area (Å²) in [6.07, 6.45) is 0. The number of benzene rings is 3. The minimum atomic E-state index is 0.0539. The van der Waals surface area contributed by atoms with Gasteiger partial charge in [0.25, 0.3) is 0 Å². The Balaban J connectivity index is 1.76. The van der Waals surface area contributed by atoms with E-state index in [0.717, 1.165) is 0 Å². The summed E-state index contributed by atoms with van der Waals surface area (Å²) in [5.74, 6) is 0.520. The minimum Gasteiger partial charge on any atom is -0.338 e. The van der Waals surface area contributed by atoms with Crippen molar-refractivity contribution in [2.45, 2.75) is 45.1 Å². The number of fused-ring (bicyclic) bond motifs is 4. The molecule has 130 valence electrons. The number of hydrogen-bond acceptors (Lipinski definition) is 1. The summed E-state index contributed by atoms with van der Waals surface area (Å²) < 4.78 is 0. The third-order valence-corrected chi connectivity index (χ3v) is 6.65. The molecule has 5 rings (SSSR count). The highest BCUT2D eigenvalue weighted by Gasteiger charge is 2.40. The molecule has 1 aliphatic heterocycles. The molecule has 3 aromatic carbocycles. The number of para-hydroxylation sites is 1. The zero-order valence-corrected chi connectivity index (χ0v) is 16.0. The van der Waals surface area contributed by atoms with E-state index in [9.17, 15) is 0 Å². The maximum absolute atomic E-state index is 2.53. The molecule has 0 bridgehead atoms. The first kappa shape index (κ1) is 15.7. The van der Waals surface area contributed by atoms with Gasteiger partial charge >= 0.3 is 0 Å². The number of hydrogen-bond donors (Lipinski definition) is 0. The minimum absolute atomic E-state index is 0.0539. The average molecular weight is 339 g/mol. The van der Waals surface area contributed by atoms with Crippen molar-refractivity contribution in [2.75, 3.05) is 4.90 Å². The van der Waals surface area contributed by atoms with E-state index >= 15 is 0 Å². The quantitative estimate of drug-likeness (QED) is 0.480. The van der Waals surface area contributed by atoms with Crippen molar-refractivity contribution >= 4 is 11.4 Å². The van der Waals surface area contributed by atoms with E-state index < -0.39 is 0 Å². The Kier molecular flexibility index (Phi) is 3.16. The lowest BCUT2D eigenvalue weighted by Crippen LogP contribution is -2.26. The van der Waals surface area contributed by atoms with Crippen LogP contribution < -0.4 is 4.90 Å². The molecule has 2 atom stereocenters. The molecule has 0 saturated heterocycles. The monoisotopic (exact) mass is 339 g/mol. The summed E-state index contributed by atoms with van der Waals surface area (Å²) in [6.45, 7) is 9.43. The molecule has 3 aromatic rings. The molecule has 0 spiro atoms. The van der Waals surface area contributed by atoms with Gasteiger partial charge < -0.3 is 4.90 Å². The van der Waals surface area contributed by atoms with Crippen LogP contribution in [0.2, 0.25) is 0 Å². The Morgan fingerprint density at radius 1 is 0.769 bits per heavy atom. The van der Waals surface area contributed by atoms with Gasteiger partial charge in [-0.05, 0) is 59.0 Å². The van der Waals surface area contributed by atoms with Gasteiger partial charge in [0.15, 0.2) is 0 Å². The van der Waals surface area contributed by atoms with Crippen LogP contribution in [0.25, 0.3) is 11.1 Å². The molecule has 1 heterocycles. The molecule has 0 aromatic heterocycles. The lowest BCUT2D eigenvalue weighted by molar-refractivity contribution is 0.642. The van der Waals surface area contributed by atoms with Crippen LogP contribution in [0.1, 0.15) is 50.3 Å². The molecule has 2 aliphatic rings. The standard InChI is InChI=1S/C25H25N/c1-16-17(2)26(18-10-6-5-7-11-18)24-15-23-21(14-20(16)24)19-12-8-9-13-22(19)25(23,3)4/h5-17H,1-4H3. The second-order valence-electron chi connectivity index (χ2n) is 8.36. The molecular formula is C25H25N. The zero-order chi connectivity index (χ0) is 18.1. The van der Waals surface area contributed by atoms with E-state index in [4.69, 9.17) is 0 Å². The molecule has 0 N–H and O–H groups in total. The number of nitrogens with zero attached hydrogens (tertiary/aromatic N) is 1. The first-order chi connectivity index (χ1) is 12.5. The van der Waals surface area contributed by atoms with Crippen LogP contribution in [0.3, 0.4) is 0 Å². The van der Waals surface area contributed by atoms with Crippen molar-refractivity contribution in [1.82, 2.24) is 0 Å². The van der Waals surface area contributed by atoms with Crippen molar-refractivity contribution in [1.29, 1.82) is 0 Å². The fourth-order valence-electron chi connectivity index (χ4n) is 4.99.